The van der Waals surface area contributed by atoms with Gasteiger partial charge in [-0.3, -0.25) is 4.79 Å². The van der Waals surface area contributed by atoms with Crippen molar-refractivity contribution in [2.75, 3.05) is 20.8 Å². The van der Waals surface area contributed by atoms with Crippen molar-refractivity contribution in [2.45, 2.75) is 6.29 Å². The zero-order valence-electron chi connectivity index (χ0n) is 10.3. The second-order valence-corrected chi connectivity index (χ2v) is 3.75. The molecule has 0 aliphatic carbocycles. The Morgan fingerprint density at radius 2 is 2.28 bits per heavy atom. The molecule has 2 heterocycles. The third-order valence-electron chi connectivity index (χ3n) is 2.63. The molecule has 0 atom stereocenters. The van der Waals surface area contributed by atoms with E-state index in [0.717, 1.165) is 5.52 Å². The van der Waals surface area contributed by atoms with Crippen molar-refractivity contribution in [1.29, 1.82) is 0 Å². The first kappa shape index (κ1) is 12.5. The van der Waals surface area contributed by atoms with Crippen LogP contribution in [0.25, 0.3) is 5.52 Å². The van der Waals surface area contributed by atoms with E-state index in [9.17, 15) is 4.79 Å². The van der Waals surface area contributed by atoms with Crippen LogP contribution in [0.1, 0.15) is 10.4 Å². The Balaban J connectivity index is 2.04. The van der Waals surface area contributed by atoms with Crippen LogP contribution in [0.2, 0.25) is 0 Å². The third-order valence-corrected chi connectivity index (χ3v) is 2.63. The Kier molecular flexibility index (Phi) is 3.91. The van der Waals surface area contributed by atoms with Crippen LogP contribution in [-0.4, -0.2) is 42.3 Å². The Morgan fingerprint density at radius 1 is 1.50 bits per heavy atom. The molecule has 1 N–H and O–H groups in total. The van der Waals surface area contributed by atoms with Crippen molar-refractivity contribution in [3.63, 3.8) is 0 Å². The van der Waals surface area contributed by atoms with Gasteiger partial charge in [-0.05, 0) is 12.1 Å². The van der Waals surface area contributed by atoms with Gasteiger partial charge in [-0.25, -0.2) is 4.98 Å². The summed E-state index contributed by atoms with van der Waals surface area (Å²) in [6, 6.07) is 3.51. The molecule has 1 amide bonds. The lowest BCUT2D eigenvalue weighted by Crippen LogP contribution is -2.34. The van der Waals surface area contributed by atoms with Gasteiger partial charge in [0.05, 0.1) is 24.6 Å². The molecule has 0 aromatic carbocycles. The standard InChI is InChI=1S/C12H15N3O3/c1-17-11(18-2)7-14-12(16)9-3-4-15-8-13-6-10(15)5-9/h3-6,8,11H,7H2,1-2H3,(H,14,16). The summed E-state index contributed by atoms with van der Waals surface area (Å²) in [5.74, 6) is -0.169. The Labute approximate surface area is 105 Å². The fraction of sp³-hybridized carbons (Fsp3) is 0.333. The molecule has 0 aliphatic rings. The lowest BCUT2D eigenvalue weighted by Gasteiger charge is -2.14. The number of carbonyl (C=O) groups excluding carboxylic acids is 1. The molecule has 0 saturated carbocycles. The van der Waals surface area contributed by atoms with E-state index in [1.54, 1.807) is 30.9 Å². The number of ether oxygens (including phenoxy) is 2. The van der Waals surface area contributed by atoms with Crippen LogP contribution in [-0.2, 0) is 9.47 Å². The highest BCUT2D eigenvalue weighted by Gasteiger charge is 2.10. The highest BCUT2D eigenvalue weighted by atomic mass is 16.7. The normalized spacial score (nSPS) is 11.1. The van der Waals surface area contributed by atoms with Gasteiger partial charge in [0.2, 0.25) is 0 Å². The maximum Gasteiger partial charge on any atom is 0.251 e. The molecule has 0 radical (unpaired) electrons. The van der Waals surface area contributed by atoms with Gasteiger partial charge < -0.3 is 19.2 Å². The summed E-state index contributed by atoms with van der Waals surface area (Å²) < 4.78 is 11.8. The second-order valence-electron chi connectivity index (χ2n) is 3.75. The van der Waals surface area contributed by atoms with Crippen LogP contribution >= 0.6 is 0 Å². The number of nitrogens with zero attached hydrogens (tertiary/aromatic N) is 2. The minimum Gasteiger partial charge on any atom is -0.354 e. The molecule has 0 saturated heterocycles. The van der Waals surface area contributed by atoms with Crippen molar-refractivity contribution in [2.24, 2.45) is 0 Å². The van der Waals surface area contributed by atoms with E-state index in [2.05, 4.69) is 10.3 Å². The van der Waals surface area contributed by atoms with Crippen molar-refractivity contribution in [1.82, 2.24) is 14.7 Å². The molecule has 0 bridgehead atoms. The fourth-order valence-electron chi connectivity index (χ4n) is 1.60. The minimum absolute atomic E-state index is 0.169. The molecule has 2 aromatic heterocycles. The van der Waals surface area contributed by atoms with Crippen LogP contribution in [0.4, 0.5) is 0 Å². The largest absolute Gasteiger partial charge is 0.354 e. The highest BCUT2D eigenvalue weighted by Crippen LogP contribution is 2.06. The van der Waals surface area contributed by atoms with Gasteiger partial charge in [0.25, 0.3) is 5.91 Å². The molecule has 0 unspecified atom stereocenters. The maximum absolute atomic E-state index is 11.9. The van der Waals surface area contributed by atoms with E-state index < -0.39 is 6.29 Å². The number of fused-ring (bicyclic) bond motifs is 1. The number of rotatable bonds is 5. The lowest BCUT2D eigenvalue weighted by atomic mass is 10.2. The van der Waals surface area contributed by atoms with E-state index in [1.165, 1.54) is 14.2 Å². The molecule has 0 fully saturated rings. The predicted octanol–water partition coefficient (Wildman–Crippen LogP) is 0.683. The molecule has 18 heavy (non-hydrogen) atoms. The number of carbonyl (C=O) groups is 1. The van der Waals surface area contributed by atoms with Crippen LogP contribution in [0.15, 0.2) is 30.9 Å². The summed E-state index contributed by atoms with van der Waals surface area (Å²) >= 11 is 0. The van der Waals surface area contributed by atoms with E-state index in [1.807, 2.05) is 4.40 Å². The van der Waals surface area contributed by atoms with Crippen molar-refractivity contribution in [3.05, 3.63) is 36.4 Å². The summed E-state index contributed by atoms with van der Waals surface area (Å²) in [5.41, 5.74) is 1.45. The van der Waals surface area contributed by atoms with Gasteiger partial charge in [0.15, 0.2) is 6.29 Å². The zero-order chi connectivity index (χ0) is 13.0. The fourth-order valence-corrected chi connectivity index (χ4v) is 1.60. The number of imidazole rings is 1. The van der Waals surface area contributed by atoms with Gasteiger partial charge in [-0.2, -0.15) is 0 Å². The zero-order valence-corrected chi connectivity index (χ0v) is 10.3. The van der Waals surface area contributed by atoms with E-state index in [4.69, 9.17) is 9.47 Å². The summed E-state index contributed by atoms with van der Waals surface area (Å²) in [6.45, 7) is 0.302. The third kappa shape index (κ3) is 2.66. The SMILES string of the molecule is COC(CNC(=O)c1ccn2cncc2c1)OC. The molecule has 2 aromatic rings. The van der Waals surface area contributed by atoms with Gasteiger partial charge in [0.1, 0.15) is 0 Å². The molecule has 0 spiro atoms. The van der Waals surface area contributed by atoms with Crippen LogP contribution in [0, 0.1) is 0 Å². The number of hydrogen-bond donors (Lipinski definition) is 1. The number of pyridine rings is 1. The molecular weight excluding hydrogens is 234 g/mol. The number of nitrogens with one attached hydrogen (secondary N) is 1. The van der Waals surface area contributed by atoms with E-state index >= 15 is 0 Å². The number of hydrogen-bond acceptors (Lipinski definition) is 4. The maximum atomic E-state index is 11.9. The molecule has 6 heteroatoms. The van der Waals surface area contributed by atoms with Crippen LogP contribution in [0.3, 0.4) is 0 Å². The molecule has 96 valence electrons. The first-order chi connectivity index (χ1) is 8.74. The Bertz CT molecular complexity index is 534. The van der Waals surface area contributed by atoms with E-state index in [0.29, 0.717) is 12.1 Å². The summed E-state index contributed by atoms with van der Waals surface area (Å²) in [4.78, 5) is 15.9. The number of methoxy groups -OCH3 is 2. The first-order valence-electron chi connectivity index (χ1n) is 5.50. The van der Waals surface area contributed by atoms with Gasteiger partial charge >= 0.3 is 0 Å². The lowest BCUT2D eigenvalue weighted by molar-refractivity contribution is -0.0974. The highest BCUT2D eigenvalue weighted by molar-refractivity contribution is 5.95. The van der Waals surface area contributed by atoms with Gasteiger partial charge in [-0.1, -0.05) is 0 Å². The quantitative estimate of drug-likeness (QED) is 0.791. The number of amides is 1. The summed E-state index contributed by atoms with van der Waals surface area (Å²) in [6.07, 6.45) is 4.74. The first-order valence-corrected chi connectivity index (χ1v) is 5.50. The average molecular weight is 249 g/mol. The Hall–Kier alpha value is -1.92. The molecule has 0 aliphatic heterocycles. The minimum atomic E-state index is -0.437. The topological polar surface area (TPSA) is 64.9 Å². The average Bonchev–Trinajstić information content (AvgIpc) is 2.86. The van der Waals surface area contributed by atoms with Crippen molar-refractivity contribution >= 4 is 11.4 Å². The van der Waals surface area contributed by atoms with Crippen LogP contribution in [0.5, 0.6) is 0 Å². The van der Waals surface area contributed by atoms with E-state index in [-0.39, 0.29) is 5.91 Å². The Morgan fingerprint density at radius 3 is 3.00 bits per heavy atom. The van der Waals surface area contributed by atoms with Crippen molar-refractivity contribution in [3.8, 4) is 0 Å². The smallest absolute Gasteiger partial charge is 0.251 e. The summed E-state index contributed by atoms with van der Waals surface area (Å²) in [7, 11) is 3.05. The predicted molar refractivity (Wildman–Crippen MR) is 65.3 cm³/mol. The van der Waals surface area contributed by atoms with Crippen molar-refractivity contribution < 1.29 is 14.3 Å². The second kappa shape index (κ2) is 5.61. The van der Waals surface area contributed by atoms with Crippen LogP contribution < -0.4 is 5.32 Å². The molecular formula is C12H15N3O3. The summed E-state index contributed by atoms with van der Waals surface area (Å²) in [5, 5.41) is 2.74. The van der Waals surface area contributed by atoms with Gasteiger partial charge in [0, 0.05) is 26.0 Å². The monoisotopic (exact) mass is 249 g/mol. The van der Waals surface area contributed by atoms with Gasteiger partial charge in [-0.15, -0.1) is 0 Å². The number of aromatic nitrogens is 2. The molecule has 2 rings (SSSR count). The molecule has 6 nitrogen and oxygen atoms in total.